The van der Waals surface area contributed by atoms with E-state index >= 15 is 0 Å². The Morgan fingerprint density at radius 2 is 2.07 bits per heavy atom. The lowest BCUT2D eigenvalue weighted by Crippen LogP contribution is -2.30. The van der Waals surface area contributed by atoms with E-state index in [1.165, 1.54) is 7.11 Å². The SMILES string of the molecule is COc1nc2c(-c3cn[nH]c3)c(-c3nc(C(C(C)O)N(C)C)n[nH]3)n(C)c2cc1Cl. The highest BCUT2D eigenvalue weighted by atomic mass is 35.5. The molecule has 4 heterocycles. The molecule has 0 aliphatic carbocycles. The van der Waals surface area contributed by atoms with Gasteiger partial charge in [-0.05, 0) is 27.1 Å². The first-order valence-corrected chi connectivity index (χ1v) is 9.70. The normalized spacial score (nSPS) is 13.9. The maximum Gasteiger partial charge on any atom is 0.233 e. The Labute approximate surface area is 177 Å². The van der Waals surface area contributed by atoms with Gasteiger partial charge in [0.05, 0.1) is 36.7 Å². The number of aromatic amines is 2. The van der Waals surface area contributed by atoms with Gasteiger partial charge >= 0.3 is 0 Å². The Morgan fingerprint density at radius 3 is 2.67 bits per heavy atom. The fourth-order valence-electron chi connectivity index (χ4n) is 3.77. The van der Waals surface area contributed by atoms with Crippen molar-refractivity contribution in [2.75, 3.05) is 21.2 Å². The van der Waals surface area contributed by atoms with Crippen molar-refractivity contribution in [3.05, 3.63) is 29.3 Å². The van der Waals surface area contributed by atoms with Crippen LogP contribution in [0.2, 0.25) is 5.02 Å². The van der Waals surface area contributed by atoms with Gasteiger partial charge in [-0.15, -0.1) is 0 Å². The molecule has 158 valence electrons. The number of ether oxygens (including phenoxy) is 1. The smallest absolute Gasteiger partial charge is 0.233 e. The third-order valence-corrected chi connectivity index (χ3v) is 5.35. The van der Waals surface area contributed by atoms with E-state index in [0.717, 1.165) is 22.3 Å². The third-order valence-electron chi connectivity index (χ3n) is 5.08. The van der Waals surface area contributed by atoms with E-state index in [9.17, 15) is 5.11 Å². The average molecular weight is 431 g/mol. The molecule has 4 aromatic rings. The number of hydrogen-bond acceptors (Lipinski definition) is 7. The number of methoxy groups -OCH3 is 1. The number of aliphatic hydroxyl groups excluding tert-OH is 1. The van der Waals surface area contributed by atoms with Crippen LogP contribution in [0.5, 0.6) is 5.88 Å². The first-order valence-electron chi connectivity index (χ1n) is 9.32. The molecule has 0 aliphatic rings. The summed E-state index contributed by atoms with van der Waals surface area (Å²) in [5.41, 5.74) is 3.94. The summed E-state index contributed by atoms with van der Waals surface area (Å²) in [5.74, 6) is 1.38. The third kappa shape index (κ3) is 3.22. The number of likely N-dealkylation sites (N-methyl/N-ethyl adjacent to an activating group) is 1. The molecule has 0 aliphatic heterocycles. The number of H-pyrrole nitrogens is 2. The van der Waals surface area contributed by atoms with Gasteiger partial charge in [0.2, 0.25) is 5.88 Å². The van der Waals surface area contributed by atoms with Crippen molar-refractivity contribution in [1.82, 2.24) is 39.8 Å². The molecule has 3 N–H and O–H groups in total. The Balaban J connectivity index is 1.98. The molecule has 0 radical (unpaired) electrons. The Bertz CT molecular complexity index is 1170. The maximum atomic E-state index is 10.2. The van der Waals surface area contributed by atoms with E-state index in [-0.39, 0.29) is 6.04 Å². The predicted molar refractivity (Wildman–Crippen MR) is 113 cm³/mol. The Kier molecular flexibility index (Phi) is 5.22. The summed E-state index contributed by atoms with van der Waals surface area (Å²) in [4.78, 5) is 11.2. The molecule has 11 heteroatoms. The number of aromatic nitrogens is 7. The van der Waals surface area contributed by atoms with E-state index in [1.54, 1.807) is 19.3 Å². The van der Waals surface area contributed by atoms with Crippen LogP contribution in [-0.4, -0.2) is 72.2 Å². The molecule has 2 unspecified atom stereocenters. The van der Waals surface area contributed by atoms with Crippen LogP contribution >= 0.6 is 11.6 Å². The van der Waals surface area contributed by atoms with Crippen molar-refractivity contribution < 1.29 is 9.84 Å². The Morgan fingerprint density at radius 1 is 1.30 bits per heavy atom. The molecule has 0 saturated heterocycles. The zero-order valence-corrected chi connectivity index (χ0v) is 18.1. The highest BCUT2D eigenvalue weighted by Gasteiger charge is 2.28. The number of nitrogens with zero attached hydrogens (tertiary/aromatic N) is 6. The highest BCUT2D eigenvalue weighted by Crippen LogP contribution is 2.40. The maximum absolute atomic E-state index is 10.2. The van der Waals surface area contributed by atoms with Gasteiger partial charge < -0.3 is 14.4 Å². The zero-order valence-electron chi connectivity index (χ0n) is 17.3. The number of fused-ring (bicyclic) bond motifs is 1. The summed E-state index contributed by atoms with van der Waals surface area (Å²) in [5, 5.41) is 24.9. The van der Waals surface area contributed by atoms with Gasteiger partial charge in [0.25, 0.3) is 0 Å². The van der Waals surface area contributed by atoms with Gasteiger partial charge in [0, 0.05) is 24.4 Å². The summed E-state index contributed by atoms with van der Waals surface area (Å²) < 4.78 is 7.28. The van der Waals surface area contributed by atoms with Crippen molar-refractivity contribution in [1.29, 1.82) is 0 Å². The highest BCUT2D eigenvalue weighted by molar-refractivity contribution is 6.32. The summed E-state index contributed by atoms with van der Waals surface area (Å²) in [6, 6.07) is 1.46. The molecular formula is C19H23ClN8O2. The summed E-state index contributed by atoms with van der Waals surface area (Å²) in [7, 11) is 7.19. The first kappa shape index (κ1) is 20.3. The van der Waals surface area contributed by atoms with Gasteiger partial charge in [-0.3, -0.25) is 15.1 Å². The lowest BCUT2D eigenvalue weighted by Gasteiger charge is -2.23. The second kappa shape index (κ2) is 7.71. The molecule has 0 amide bonds. The van der Waals surface area contributed by atoms with Gasteiger partial charge in [-0.1, -0.05) is 11.6 Å². The van der Waals surface area contributed by atoms with Crippen molar-refractivity contribution in [3.63, 3.8) is 0 Å². The molecule has 0 aromatic carbocycles. The van der Waals surface area contributed by atoms with Crippen molar-refractivity contribution >= 4 is 22.6 Å². The summed E-state index contributed by atoms with van der Waals surface area (Å²) in [6.45, 7) is 1.71. The summed E-state index contributed by atoms with van der Waals surface area (Å²) in [6.07, 6.45) is 2.86. The topological polar surface area (TPSA) is 121 Å². The lowest BCUT2D eigenvalue weighted by molar-refractivity contribution is 0.0857. The van der Waals surface area contributed by atoms with E-state index in [1.807, 2.05) is 36.7 Å². The second-order valence-electron chi connectivity index (χ2n) is 7.31. The largest absolute Gasteiger partial charge is 0.480 e. The number of hydrogen-bond donors (Lipinski definition) is 3. The second-order valence-corrected chi connectivity index (χ2v) is 7.72. The van der Waals surface area contributed by atoms with Crippen molar-refractivity contribution in [2.24, 2.45) is 7.05 Å². The lowest BCUT2D eigenvalue weighted by atomic mass is 10.1. The molecule has 0 bridgehead atoms. The monoisotopic (exact) mass is 430 g/mol. The van der Waals surface area contributed by atoms with Crippen molar-refractivity contribution in [2.45, 2.75) is 19.1 Å². The van der Waals surface area contributed by atoms with Gasteiger partial charge in [-0.2, -0.15) is 10.2 Å². The molecule has 4 aromatic heterocycles. The standard InChI is InChI=1S/C19H23ClN8O2/c1-9(29)15(27(2)3)17-24-18(26-25-17)16-13(10-7-21-22-8-10)14-12(28(16)4)6-11(20)19(23-14)30-5/h6-9,15,29H,1-5H3,(H,21,22)(H,24,25,26). The molecular weight excluding hydrogens is 408 g/mol. The van der Waals surface area contributed by atoms with Crippen LogP contribution in [0.25, 0.3) is 33.7 Å². The van der Waals surface area contributed by atoms with Crippen molar-refractivity contribution in [3.8, 4) is 28.5 Å². The minimum atomic E-state index is -0.644. The molecule has 30 heavy (non-hydrogen) atoms. The van der Waals surface area contributed by atoms with Crippen LogP contribution in [0.4, 0.5) is 0 Å². The molecule has 2 atom stereocenters. The number of aryl methyl sites for hydroxylation is 1. The van der Waals surface area contributed by atoms with Gasteiger partial charge in [0.15, 0.2) is 11.6 Å². The molecule has 0 saturated carbocycles. The minimum Gasteiger partial charge on any atom is -0.480 e. The van der Waals surface area contributed by atoms with Crippen LogP contribution in [0.1, 0.15) is 18.8 Å². The molecule has 0 fully saturated rings. The molecule has 4 rings (SSSR count). The van der Waals surface area contributed by atoms with Crippen LogP contribution in [0.15, 0.2) is 18.5 Å². The van der Waals surface area contributed by atoms with E-state index < -0.39 is 6.10 Å². The molecule has 10 nitrogen and oxygen atoms in total. The molecule has 0 spiro atoms. The first-order chi connectivity index (χ1) is 14.3. The quantitative estimate of drug-likeness (QED) is 0.429. The zero-order chi connectivity index (χ0) is 21.6. The number of halogens is 1. The van der Waals surface area contributed by atoms with Crippen LogP contribution < -0.4 is 4.74 Å². The van der Waals surface area contributed by atoms with Crippen LogP contribution in [0.3, 0.4) is 0 Å². The average Bonchev–Trinajstić information content (AvgIpc) is 3.41. The number of pyridine rings is 1. The van der Waals surface area contributed by atoms with Crippen LogP contribution in [0, 0.1) is 0 Å². The predicted octanol–water partition coefficient (Wildman–Crippen LogP) is 2.39. The van der Waals surface area contributed by atoms with E-state index in [0.29, 0.717) is 28.1 Å². The van der Waals surface area contributed by atoms with E-state index in [4.69, 9.17) is 21.3 Å². The van der Waals surface area contributed by atoms with Gasteiger partial charge in [0.1, 0.15) is 10.5 Å². The van der Waals surface area contributed by atoms with Crippen LogP contribution in [-0.2, 0) is 7.05 Å². The number of nitrogens with one attached hydrogen (secondary N) is 2. The number of rotatable bonds is 6. The minimum absolute atomic E-state index is 0.339. The fraction of sp³-hybridized carbons (Fsp3) is 0.368. The Hall–Kier alpha value is -2.95. The van der Waals surface area contributed by atoms with E-state index in [2.05, 4.69) is 25.4 Å². The van der Waals surface area contributed by atoms with Gasteiger partial charge in [-0.25, -0.2) is 9.97 Å². The number of aliphatic hydroxyl groups is 1. The summed E-state index contributed by atoms with van der Waals surface area (Å²) >= 11 is 6.33. The fourth-order valence-corrected chi connectivity index (χ4v) is 4.00.